The molecule has 248 valence electrons. The quantitative estimate of drug-likeness (QED) is 0.190. The van der Waals surface area contributed by atoms with Crippen LogP contribution in [0.5, 0.6) is 0 Å². The maximum absolute atomic E-state index is 6.89. The largest absolute Gasteiger partial charge is 0.456 e. The fourth-order valence-corrected chi connectivity index (χ4v) is 8.27. The highest BCUT2D eigenvalue weighted by molar-refractivity contribution is 6.18. The van der Waals surface area contributed by atoms with Crippen LogP contribution in [0.3, 0.4) is 0 Å². The van der Waals surface area contributed by atoms with Crippen LogP contribution in [-0.4, -0.2) is 0 Å². The van der Waals surface area contributed by atoms with Crippen LogP contribution in [0.25, 0.3) is 55.0 Å². The first kappa shape index (κ1) is 30.8. The Morgan fingerprint density at radius 1 is 0.520 bits per heavy atom. The minimum Gasteiger partial charge on any atom is -0.456 e. The Labute approximate surface area is 294 Å². The maximum atomic E-state index is 6.89. The second-order valence-corrected chi connectivity index (χ2v) is 16.6. The highest BCUT2D eigenvalue weighted by Gasteiger charge is 2.36. The molecule has 2 heterocycles. The van der Waals surface area contributed by atoms with Gasteiger partial charge in [-0.05, 0) is 87.2 Å². The number of para-hydroxylation sites is 1. The molecule has 2 aromatic heterocycles. The lowest BCUT2D eigenvalue weighted by Crippen LogP contribution is -2.17. The van der Waals surface area contributed by atoms with E-state index in [-0.39, 0.29) is 16.2 Å². The van der Waals surface area contributed by atoms with E-state index in [1.807, 2.05) is 6.07 Å². The molecule has 1 aliphatic carbocycles. The van der Waals surface area contributed by atoms with Crippen molar-refractivity contribution in [2.75, 3.05) is 4.90 Å². The molecular formula is C47H43NO2. The first-order valence-corrected chi connectivity index (χ1v) is 17.8. The minimum atomic E-state index is -0.139. The summed E-state index contributed by atoms with van der Waals surface area (Å²) in [6.45, 7) is 18.4. The number of fused-ring (bicyclic) bond motifs is 9. The topological polar surface area (TPSA) is 29.5 Å². The third-order valence-corrected chi connectivity index (χ3v) is 10.9. The fourth-order valence-electron chi connectivity index (χ4n) is 8.27. The molecule has 3 nitrogen and oxygen atoms in total. The molecule has 0 saturated heterocycles. The predicted molar refractivity (Wildman–Crippen MR) is 211 cm³/mol. The number of rotatable bonds is 3. The molecule has 0 aliphatic heterocycles. The number of furan rings is 2. The van der Waals surface area contributed by atoms with E-state index in [1.54, 1.807) is 0 Å². The van der Waals surface area contributed by atoms with Crippen LogP contribution in [-0.2, 0) is 16.2 Å². The molecule has 0 saturated carbocycles. The van der Waals surface area contributed by atoms with Gasteiger partial charge in [-0.2, -0.15) is 0 Å². The zero-order valence-corrected chi connectivity index (χ0v) is 30.2. The zero-order valence-electron chi connectivity index (χ0n) is 30.2. The molecule has 9 rings (SSSR count). The molecule has 0 fully saturated rings. The van der Waals surface area contributed by atoms with Gasteiger partial charge in [-0.1, -0.05) is 122 Å². The van der Waals surface area contributed by atoms with Crippen molar-refractivity contribution in [1.82, 2.24) is 0 Å². The Morgan fingerprint density at radius 3 is 1.86 bits per heavy atom. The van der Waals surface area contributed by atoms with E-state index >= 15 is 0 Å². The lowest BCUT2D eigenvalue weighted by molar-refractivity contribution is 0.559. The Bertz CT molecular complexity index is 2650. The standard InChI is InChI=1S/C47H43NO2/c1-45(2,3)28-25-33-43-38(19-14-22-41(43)50-44(33)36(26-28)46(4,5)6)48(37-18-13-21-40-42(37)32-16-10-12-20-39(32)49-40)29-23-24-31-30-15-9-11-17-34(30)47(7,8)35(31)27-29/h9-27H,1-8H3. The van der Waals surface area contributed by atoms with Gasteiger partial charge < -0.3 is 13.7 Å². The van der Waals surface area contributed by atoms with Crippen molar-refractivity contribution in [3.05, 3.63) is 138 Å². The summed E-state index contributed by atoms with van der Waals surface area (Å²) in [7, 11) is 0. The molecule has 3 heteroatoms. The van der Waals surface area contributed by atoms with E-state index in [1.165, 1.54) is 33.4 Å². The van der Waals surface area contributed by atoms with Crippen molar-refractivity contribution in [2.24, 2.45) is 0 Å². The van der Waals surface area contributed by atoms with Crippen molar-refractivity contribution in [3.8, 4) is 11.1 Å². The number of nitrogens with zero attached hydrogens (tertiary/aromatic N) is 1. The van der Waals surface area contributed by atoms with Crippen LogP contribution in [0, 0.1) is 0 Å². The van der Waals surface area contributed by atoms with Gasteiger partial charge in [0.2, 0.25) is 0 Å². The Kier molecular flexibility index (Phi) is 6.38. The van der Waals surface area contributed by atoms with Gasteiger partial charge >= 0.3 is 0 Å². The van der Waals surface area contributed by atoms with E-state index in [9.17, 15) is 0 Å². The number of benzene rings is 6. The van der Waals surface area contributed by atoms with E-state index in [2.05, 4.69) is 169 Å². The van der Waals surface area contributed by atoms with Crippen LogP contribution in [0.15, 0.2) is 124 Å². The molecule has 0 amide bonds. The monoisotopic (exact) mass is 653 g/mol. The van der Waals surface area contributed by atoms with Crippen LogP contribution in [0.2, 0.25) is 0 Å². The van der Waals surface area contributed by atoms with Gasteiger partial charge in [0.05, 0.1) is 22.1 Å². The lowest BCUT2D eigenvalue weighted by atomic mass is 9.79. The Morgan fingerprint density at radius 2 is 1.14 bits per heavy atom. The zero-order chi connectivity index (χ0) is 34.7. The molecule has 8 aromatic rings. The Balaban J connectivity index is 1.40. The van der Waals surface area contributed by atoms with Gasteiger partial charge in [-0.3, -0.25) is 0 Å². The van der Waals surface area contributed by atoms with Crippen LogP contribution in [0.4, 0.5) is 17.1 Å². The van der Waals surface area contributed by atoms with E-state index in [0.717, 1.165) is 60.9 Å². The summed E-state index contributed by atoms with van der Waals surface area (Å²) in [6.07, 6.45) is 0. The third kappa shape index (κ3) is 4.42. The molecule has 50 heavy (non-hydrogen) atoms. The van der Waals surface area contributed by atoms with Gasteiger partial charge in [-0.15, -0.1) is 0 Å². The molecular weight excluding hydrogens is 611 g/mol. The lowest BCUT2D eigenvalue weighted by Gasteiger charge is -2.29. The normalized spacial score (nSPS) is 14.2. The molecule has 0 N–H and O–H groups in total. The average molecular weight is 654 g/mol. The van der Waals surface area contributed by atoms with Crippen molar-refractivity contribution >= 4 is 60.9 Å². The molecule has 6 aromatic carbocycles. The predicted octanol–water partition coefficient (Wildman–Crippen LogP) is 13.9. The molecule has 0 atom stereocenters. The smallest absolute Gasteiger partial charge is 0.139 e. The summed E-state index contributed by atoms with van der Waals surface area (Å²) in [5.41, 5.74) is 14.5. The molecule has 0 spiro atoms. The Hall–Kier alpha value is -5.28. The third-order valence-electron chi connectivity index (χ3n) is 10.9. The van der Waals surface area contributed by atoms with Crippen molar-refractivity contribution < 1.29 is 8.83 Å². The van der Waals surface area contributed by atoms with Crippen LogP contribution < -0.4 is 4.90 Å². The van der Waals surface area contributed by atoms with Crippen molar-refractivity contribution in [1.29, 1.82) is 0 Å². The molecule has 0 bridgehead atoms. The SMILES string of the molecule is CC(C)(C)c1cc(C(C)(C)C)c2oc3cccc(N(c4ccc5c(c4)C(C)(C)c4ccccc4-5)c4cccc5oc6ccccc6c45)c3c2c1. The molecule has 0 radical (unpaired) electrons. The first-order chi connectivity index (χ1) is 23.8. The second-order valence-electron chi connectivity index (χ2n) is 16.6. The van der Waals surface area contributed by atoms with Crippen molar-refractivity contribution in [3.63, 3.8) is 0 Å². The van der Waals surface area contributed by atoms with Gasteiger partial charge in [0.1, 0.15) is 22.3 Å². The summed E-state index contributed by atoms with van der Waals surface area (Å²) < 4.78 is 13.4. The van der Waals surface area contributed by atoms with E-state index < -0.39 is 0 Å². The summed E-state index contributed by atoms with van der Waals surface area (Å²) in [5.74, 6) is 0. The van der Waals surface area contributed by atoms with Crippen LogP contribution in [0.1, 0.15) is 77.6 Å². The maximum Gasteiger partial charge on any atom is 0.139 e. The first-order valence-electron chi connectivity index (χ1n) is 17.8. The minimum absolute atomic E-state index is 0.0334. The highest BCUT2D eigenvalue weighted by Crippen LogP contribution is 2.53. The van der Waals surface area contributed by atoms with Gasteiger partial charge in [0.15, 0.2) is 0 Å². The summed E-state index contributed by atoms with van der Waals surface area (Å²) in [6, 6.07) is 41.9. The van der Waals surface area contributed by atoms with Gasteiger partial charge in [0, 0.05) is 27.4 Å². The van der Waals surface area contributed by atoms with E-state index in [0.29, 0.717) is 0 Å². The summed E-state index contributed by atoms with van der Waals surface area (Å²) >= 11 is 0. The van der Waals surface area contributed by atoms with Gasteiger partial charge in [-0.25, -0.2) is 0 Å². The van der Waals surface area contributed by atoms with E-state index in [4.69, 9.17) is 8.83 Å². The van der Waals surface area contributed by atoms with Crippen molar-refractivity contribution in [2.45, 2.75) is 71.6 Å². The van der Waals surface area contributed by atoms with Crippen LogP contribution >= 0.6 is 0 Å². The second kappa shape index (κ2) is 10.4. The number of anilines is 3. The average Bonchev–Trinajstić information content (AvgIpc) is 3.72. The number of hydrogen-bond acceptors (Lipinski definition) is 3. The van der Waals surface area contributed by atoms with Gasteiger partial charge in [0.25, 0.3) is 0 Å². The number of hydrogen-bond donors (Lipinski definition) is 0. The molecule has 0 unspecified atom stereocenters. The highest BCUT2D eigenvalue weighted by atomic mass is 16.3. The summed E-state index contributed by atoms with van der Waals surface area (Å²) in [4.78, 5) is 2.45. The fraction of sp³-hybridized carbons (Fsp3) is 0.234. The molecule has 1 aliphatic rings. The summed E-state index contributed by atoms with van der Waals surface area (Å²) in [5, 5.41) is 4.47.